The number of nitrogens with zero attached hydrogens (tertiary/aromatic N) is 5. The molecule has 0 saturated carbocycles. The standard InChI is InChI=1S/C30H32F21N5S6.C4H10/c1-8-59-13-14(52(9-20(2,3)4)18(57)54(13)12-23(34,35)27(43,44)28(45,46)29(47,48)30(49,50)51)60-56-61-15-16(62-56)55(19(58)53(15)10-21(5,6)7)11-22(32,33)26(41,42)24(36,37)17(31)25(38,39)40;1-3-4-2/h17H,8-12H2,1-7H3;3-4H2,1-2H3. The van der Waals surface area contributed by atoms with Gasteiger partial charge in [0.15, 0.2) is 9.54 Å². The zero-order valence-electron chi connectivity index (χ0n) is 35.6. The third-order valence-corrected chi connectivity index (χ3v) is 14.3. The average molecular weight is 1110 g/mol. The first-order chi connectivity index (χ1) is 29.2. The molecule has 32 heteroatoms. The molecule has 0 saturated heterocycles. The van der Waals surface area contributed by atoms with Crippen LogP contribution in [0.2, 0.25) is 0 Å². The highest BCUT2D eigenvalue weighted by atomic mass is 32.3. The highest BCUT2D eigenvalue weighted by Crippen LogP contribution is 2.60. The summed E-state index contributed by atoms with van der Waals surface area (Å²) >= 11 is 12.0. The maximum Gasteiger partial charge on any atom is 0.460 e. The molecule has 0 aromatic carbocycles. The summed E-state index contributed by atoms with van der Waals surface area (Å²) < 4.78 is 296. The fourth-order valence-corrected chi connectivity index (χ4v) is 10.9. The summed E-state index contributed by atoms with van der Waals surface area (Å²) in [6.07, 6.45) is -17.3. The summed E-state index contributed by atoms with van der Waals surface area (Å²) in [5, 5.41) is -1.78. The maximum atomic E-state index is 15.3. The number of thioether (sulfide) groups is 1. The van der Waals surface area contributed by atoms with Gasteiger partial charge in [0, 0.05) is 48.9 Å². The molecule has 66 heavy (non-hydrogen) atoms. The Bertz CT molecular complexity index is 2110. The minimum Gasteiger partial charge on any atom is -0.309 e. The van der Waals surface area contributed by atoms with E-state index in [9.17, 15) is 74.6 Å². The van der Waals surface area contributed by atoms with E-state index in [1.807, 2.05) is 0 Å². The number of hydrogen-bond acceptors (Lipinski definition) is 7. The molecule has 0 bridgehead atoms. The van der Waals surface area contributed by atoms with Crippen LogP contribution < -0.4 is 0 Å². The molecule has 0 spiro atoms. The maximum absolute atomic E-state index is 15.3. The molecule has 3 rings (SSSR count). The van der Waals surface area contributed by atoms with E-state index in [-0.39, 0.29) is 50.0 Å². The Hall–Kier alpha value is -1.25. The highest BCUT2D eigenvalue weighted by Gasteiger charge is 2.87. The van der Waals surface area contributed by atoms with Crippen molar-refractivity contribution in [1.29, 1.82) is 0 Å². The van der Waals surface area contributed by atoms with Crippen molar-refractivity contribution in [2.45, 2.75) is 181 Å². The average Bonchev–Trinajstić information content (AvgIpc) is 3.71. The first-order valence-corrected chi connectivity index (χ1v) is 22.8. The summed E-state index contributed by atoms with van der Waals surface area (Å²) in [5.74, 6) is -49.7. The summed E-state index contributed by atoms with van der Waals surface area (Å²) in [6, 6.07) is 0. The molecular weight excluding hydrogens is 1070 g/mol. The van der Waals surface area contributed by atoms with Crippen LogP contribution in [0.5, 0.6) is 0 Å². The van der Waals surface area contributed by atoms with Crippen molar-refractivity contribution in [3.05, 3.63) is 9.54 Å². The molecule has 1 aliphatic heterocycles. The zero-order valence-corrected chi connectivity index (χ0v) is 40.5. The Kier molecular flexibility index (Phi) is 18.5. The van der Waals surface area contributed by atoms with Crippen LogP contribution in [0.15, 0.2) is 20.1 Å². The van der Waals surface area contributed by atoms with E-state index in [1.54, 1.807) is 20.8 Å². The van der Waals surface area contributed by atoms with E-state index in [1.165, 1.54) is 40.5 Å². The van der Waals surface area contributed by atoms with Gasteiger partial charge in [0.1, 0.15) is 20.1 Å². The van der Waals surface area contributed by atoms with Crippen molar-refractivity contribution >= 4 is 72.0 Å². The van der Waals surface area contributed by atoms with Crippen LogP contribution in [0.25, 0.3) is 0 Å². The molecule has 0 fully saturated rings. The topological polar surface area (TPSA) is 23.0 Å². The lowest BCUT2D eigenvalue weighted by molar-refractivity contribution is -0.423. The van der Waals surface area contributed by atoms with Crippen LogP contribution in [0, 0.1) is 20.4 Å². The van der Waals surface area contributed by atoms with E-state index in [0.29, 0.717) is 35.7 Å². The van der Waals surface area contributed by atoms with E-state index in [2.05, 4.69) is 13.8 Å². The lowest BCUT2D eigenvalue weighted by Crippen LogP contribution is -2.67. The van der Waals surface area contributed by atoms with Crippen molar-refractivity contribution < 1.29 is 92.2 Å². The van der Waals surface area contributed by atoms with Crippen LogP contribution in [0.1, 0.15) is 75.2 Å². The summed E-state index contributed by atoms with van der Waals surface area (Å²) in [4.78, 5) is 0. The second kappa shape index (κ2) is 20.1. The Morgan fingerprint density at radius 1 is 0.500 bits per heavy atom. The molecule has 0 amide bonds. The SMILES string of the molecule is CCCC.CCSc1c(SN2Sc3c(n(CC(F)(F)C(F)(F)C(F)(F)C(F)C(F)(F)F)c(=S)n3CC(C)(C)C)S2)n(CC(C)(C)C)c(=S)n1CC(F)(F)C(F)(F)C(F)(F)C(F)(F)C(F)(F)F. The largest absolute Gasteiger partial charge is 0.460 e. The van der Waals surface area contributed by atoms with E-state index < -0.39 is 103 Å². The quantitative estimate of drug-likeness (QED) is 0.0673. The lowest BCUT2D eigenvalue weighted by Gasteiger charge is -2.37. The van der Waals surface area contributed by atoms with Crippen molar-refractivity contribution in [1.82, 2.24) is 21.4 Å². The number of alkyl halides is 21. The number of rotatable bonds is 17. The molecule has 2 aromatic rings. The summed E-state index contributed by atoms with van der Waals surface area (Å²) in [6.45, 7) is 8.93. The summed E-state index contributed by atoms with van der Waals surface area (Å²) in [7, 11) is 0. The van der Waals surface area contributed by atoms with Gasteiger partial charge in [0.05, 0.1) is 13.1 Å². The minimum absolute atomic E-state index is 0.0645. The number of halogens is 21. The number of imidazole rings is 2. The molecule has 1 aliphatic rings. The van der Waals surface area contributed by atoms with Gasteiger partial charge in [-0.1, -0.05) is 75.2 Å². The van der Waals surface area contributed by atoms with Gasteiger partial charge in [0.2, 0.25) is 0 Å². The summed E-state index contributed by atoms with van der Waals surface area (Å²) in [5.41, 5.74) is -1.82. The predicted molar refractivity (Wildman–Crippen MR) is 213 cm³/mol. The number of fused-ring (bicyclic) bond motifs is 1. The predicted octanol–water partition coefficient (Wildman–Crippen LogP) is 16.3. The Morgan fingerprint density at radius 3 is 1.24 bits per heavy atom. The zero-order chi connectivity index (χ0) is 52.2. The van der Waals surface area contributed by atoms with Crippen LogP contribution in [-0.4, -0.2) is 87.1 Å². The van der Waals surface area contributed by atoms with Crippen molar-refractivity contribution in [3.8, 4) is 0 Å². The van der Waals surface area contributed by atoms with Crippen LogP contribution in [0.3, 0.4) is 0 Å². The third kappa shape index (κ3) is 12.1. The second-order valence-corrected chi connectivity index (χ2v) is 22.4. The molecule has 3 heterocycles. The third-order valence-electron chi connectivity index (χ3n) is 8.60. The van der Waals surface area contributed by atoms with Crippen molar-refractivity contribution in [2.24, 2.45) is 10.8 Å². The fourth-order valence-electron chi connectivity index (χ4n) is 5.23. The van der Waals surface area contributed by atoms with Gasteiger partial charge in [0.25, 0.3) is 6.17 Å². The first kappa shape index (κ1) is 60.9. The molecule has 0 N–H and O–H groups in total. The Morgan fingerprint density at radius 2 is 0.864 bits per heavy atom. The number of unbranched alkanes of at least 4 members (excludes halogenated alkanes) is 1. The Labute approximate surface area is 391 Å². The number of hydrogen-bond donors (Lipinski definition) is 0. The van der Waals surface area contributed by atoms with E-state index in [0.717, 1.165) is 12.3 Å². The minimum atomic E-state index is -7.74. The smallest absolute Gasteiger partial charge is 0.309 e. The van der Waals surface area contributed by atoms with Crippen molar-refractivity contribution in [2.75, 3.05) is 5.75 Å². The van der Waals surface area contributed by atoms with Crippen LogP contribution in [-0.2, 0) is 26.2 Å². The van der Waals surface area contributed by atoms with Gasteiger partial charge in [-0.05, 0) is 41.0 Å². The van der Waals surface area contributed by atoms with Gasteiger partial charge in [-0.2, -0.15) is 87.8 Å². The van der Waals surface area contributed by atoms with Crippen molar-refractivity contribution in [3.63, 3.8) is 0 Å². The molecular formula is C34H42F21N5S6. The van der Waals surface area contributed by atoms with Gasteiger partial charge < -0.3 is 18.3 Å². The molecule has 1 atom stereocenters. The van der Waals surface area contributed by atoms with Crippen LogP contribution >= 0.6 is 72.0 Å². The van der Waals surface area contributed by atoms with Gasteiger partial charge >= 0.3 is 53.8 Å². The van der Waals surface area contributed by atoms with E-state index >= 15 is 17.6 Å². The molecule has 0 radical (unpaired) electrons. The highest BCUT2D eigenvalue weighted by molar-refractivity contribution is 8.27. The first-order valence-electron chi connectivity index (χ1n) is 18.7. The molecule has 0 aliphatic carbocycles. The molecule has 386 valence electrons. The van der Waals surface area contributed by atoms with Gasteiger partial charge in [-0.15, -0.1) is 14.9 Å². The molecule has 1 unspecified atom stereocenters. The second-order valence-electron chi connectivity index (χ2n) is 16.9. The lowest BCUT2D eigenvalue weighted by atomic mass is 9.97. The van der Waals surface area contributed by atoms with Gasteiger partial charge in [-0.3, -0.25) is 0 Å². The molecule has 2 aromatic heterocycles. The molecule has 5 nitrogen and oxygen atoms in total. The van der Waals surface area contributed by atoms with E-state index in [4.69, 9.17) is 24.4 Å². The van der Waals surface area contributed by atoms with Crippen LogP contribution in [0.4, 0.5) is 92.2 Å². The fraction of sp³-hybridized carbons (Fsp3) is 0.824. The number of aromatic nitrogens is 4. The van der Waals surface area contributed by atoms with Gasteiger partial charge in [-0.25, -0.2) is 4.39 Å². The monoisotopic (exact) mass is 1110 g/mol. The normalized spacial score (nSPS) is 16.2. The Balaban J connectivity index is 0.00000358.